The van der Waals surface area contributed by atoms with E-state index in [1.165, 1.54) is 0 Å². The second-order valence-electron chi connectivity index (χ2n) is 4.60. The number of nitriles is 1. The predicted octanol–water partition coefficient (Wildman–Crippen LogP) is 3.75. The van der Waals surface area contributed by atoms with Crippen molar-refractivity contribution in [1.29, 1.82) is 5.26 Å². The number of amides is 1. The van der Waals surface area contributed by atoms with Gasteiger partial charge in [0.25, 0.3) is 0 Å². The topological polar surface area (TPSA) is 52.9 Å². The van der Waals surface area contributed by atoms with E-state index in [0.29, 0.717) is 18.9 Å². The lowest BCUT2D eigenvalue weighted by Crippen LogP contribution is -2.32. The van der Waals surface area contributed by atoms with Gasteiger partial charge in [0.15, 0.2) is 5.82 Å². The summed E-state index contributed by atoms with van der Waals surface area (Å²) in [5.74, 6) is -2.14. The molecule has 1 saturated carbocycles. The molecule has 1 aromatic rings. The van der Waals surface area contributed by atoms with Crippen LogP contribution >= 0.6 is 15.9 Å². The normalized spacial score (nSPS) is 16.9. The van der Waals surface area contributed by atoms with Gasteiger partial charge in [0.2, 0.25) is 5.91 Å². The van der Waals surface area contributed by atoms with Crippen LogP contribution in [-0.2, 0) is 4.79 Å². The second kappa shape index (κ2) is 5.25. The van der Waals surface area contributed by atoms with E-state index < -0.39 is 23.0 Å². The largest absolute Gasteiger partial charge is 0.321 e. The van der Waals surface area contributed by atoms with Crippen LogP contribution in [0.2, 0.25) is 0 Å². The van der Waals surface area contributed by atoms with E-state index in [4.69, 9.17) is 0 Å². The smallest absolute Gasteiger partial charge is 0.244 e. The van der Waals surface area contributed by atoms with Crippen LogP contribution in [0.25, 0.3) is 0 Å². The van der Waals surface area contributed by atoms with Gasteiger partial charge in [-0.1, -0.05) is 12.8 Å². The Morgan fingerprint density at radius 1 is 1.37 bits per heavy atom. The zero-order valence-corrected chi connectivity index (χ0v) is 11.6. The van der Waals surface area contributed by atoms with Crippen LogP contribution in [0.15, 0.2) is 16.6 Å². The molecule has 0 aliphatic heterocycles. The summed E-state index contributed by atoms with van der Waals surface area (Å²) in [5.41, 5.74) is -1.23. The van der Waals surface area contributed by atoms with Crippen molar-refractivity contribution in [2.45, 2.75) is 25.7 Å². The molecule has 19 heavy (non-hydrogen) atoms. The molecule has 2 rings (SSSR count). The molecule has 1 aliphatic carbocycles. The number of carbonyl (C=O) groups is 1. The third kappa shape index (κ3) is 2.61. The zero-order valence-electron chi connectivity index (χ0n) is 9.97. The lowest BCUT2D eigenvalue weighted by atomic mass is 9.87. The maximum absolute atomic E-state index is 13.6. The molecular formula is C13H11BrF2N2O. The molecule has 1 aromatic carbocycles. The van der Waals surface area contributed by atoms with Crippen molar-refractivity contribution in [3.63, 3.8) is 0 Å². The average molecular weight is 329 g/mol. The first kappa shape index (κ1) is 13.9. The highest BCUT2D eigenvalue weighted by atomic mass is 79.9. The SMILES string of the molecule is N#CC1(C(=O)Nc2c(F)cc(F)cc2Br)CCCC1. The zero-order chi connectivity index (χ0) is 14.0. The van der Waals surface area contributed by atoms with Gasteiger partial charge in [-0.15, -0.1) is 0 Å². The van der Waals surface area contributed by atoms with E-state index in [9.17, 15) is 18.8 Å². The van der Waals surface area contributed by atoms with Gasteiger partial charge in [-0.3, -0.25) is 4.79 Å². The van der Waals surface area contributed by atoms with E-state index in [1.54, 1.807) is 0 Å². The van der Waals surface area contributed by atoms with Crippen LogP contribution in [-0.4, -0.2) is 5.91 Å². The van der Waals surface area contributed by atoms with Crippen LogP contribution in [0.4, 0.5) is 14.5 Å². The highest BCUT2D eigenvalue weighted by Gasteiger charge is 2.41. The Kier molecular flexibility index (Phi) is 3.85. The van der Waals surface area contributed by atoms with Crippen molar-refractivity contribution in [1.82, 2.24) is 0 Å². The highest BCUT2D eigenvalue weighted by Crippen LogP contribution is 2.39. The standard InChI is InChI=1S/C13H11BrF2N2O/c14-9-5-8(15)6-10(16)11(9)18-12(19)13(7-17)3-1-2-4-13/h5-6H,1-4H2,(H,18,19). The molecular weight excluding hydrogens is 318 g/mol. The molecule has 1 fully saturated rings. The molecule has 0 radical (unpaired) electrons. The molecule has 0 saturated heterocycles. The van der Waals surface area contributed by atoms with Gasteiger partial charge in [0.1, 0.15) is 11.2 Å². The average Bonchev–Trinajstić information content (AvgIpc) is 2.83. The molecule has 0 spiro atoms. The lowest BCUT2D eigenvalue weighted by molar-refractivity contribution is -0.122. The van der Waals surface area contributed by atoms with Gasteiger partial charge in [0.05, 0.1) is 11.8 Å². The van der Waals surface area contributed by atoms with Gasteiger partial charge in [-0.25, -0.2) is 8.78 Å². The molecule has 1 aliphatic rings. The van der Waals surface area contributed by atoms with Crippen LogP contribution in [0.5, 0.6) is 0 Å². The van der Waals surface area contributed by atoms with Gasteiger partial charge in [-0.2, -0.15) is 5.26 Å². The highest BCUT2D eigenvalue weighted by molar-refractivity contribution is 9.10. The summed E-state index contributed by atoms with van der Waals surface area (Å²) in [6.07, 6.45) is 2.54. The fraction of sp³-hybridized carbons (Fsp3) is 0.385. The van der Waals surface area contributed by atoms with Crippen molar-refractivity contribution < 1.29 is 13.6 Å². The first-order valence-electron chi connectivity index (χ1n) is 5.86. The molecule has 0 atom stereocenters. The molecule has 0 aromatic heterocycles. The number of anilines is 1. The summed E-state index contributed by atoms with van der Waals surface area (Å²) in [4.78, 5) is 12.1. The fourth-order valence-corrected chi connectivity index (χ4v) is 2.77. The second-order valence-corrected chi connectivity index (χ2v) is 5.45. The lowest BCUT2D eigenvalue weighted by Gasteiger charge is -2.20. The van der Waals surface area contributed by atoms with Crippen LogP contribution < -0.4 is 5.32 Å². The number of carbonyl (C=O) groups excluding carboxylic acids is 1. The molecule has 1 amide bonds. The van der Waals surface area contributed by atoms with E-state index in [1.807, 2.05) is 6.07 Å². The maximum atomic E-state index is 13.6. The third-order valence-electron chi connectivity index (χ3n) is 3.35. The van der Waals surface area contributed by atoms with Crippen LogP contribution in [0.1, 0.15) is 25.7 Å². The molecule has 6 heteroatoms. The van der Waals surface area contributed by atoms with Crippen molar-refractivity contribution in [3.05, 3.63) is 28.2 Å². The Labute approximate surface area is 117 Å². The van der Waals surface area contributed by atoms with Crippen LogP contribution in [0, 0.1) is 28.4 Å². The van der Waals surface area contributed by atoms with Crippen LogP contribution in [0.3, 0.4) is 0 Å². The van der Waals surface area contributed by atoms with Gasteiger partial charge >= 0.3 is 0 Å². The molecule has 0 heterocycles. The van der Waals surface area contributed by atoms with Crippen molar-refractivity contribution in [2.24, 2.45) is 5.41 Å². The van der Waals surface area contributed by atoms with Gasteiger partial charge in [0, 0.05) is 10.5 Å². The summed E-state index contributed by atoms with van der Waals surface area (Å²) < 4.78 is 26.7. The van der Waals surface area contributed by atoms with E-state index in [0.717, 1.165) is 18.9 Å². The summed E-state index contributed by atoms with van der Waals surface area (Å²) in [7, 11) is 0. The first-order chi connectivity index (χ1) is 8.98. The van der Waals surface area contributed by atoms with E-state index >= 15 is 0 Å². The Hall–Kier alpha value is -1.48. The minimum Gasteiger partial charge on any atom is -0.321 e. The summed E-state index contributed by atoms with van der Waals surface area (Å²) >= 11 is 3.00. The molecule has 100 valence electrons. The Morgan fingerprint density at radius 2 is 2.00 bits per heavy atom. The fourth-order valence-electron chi connectivity index (χ4n) is 2.26. The van der Waals surface area contributed by atoms with E-state index in [2.05, 4.69) is 21.2 Å². The Balaban J connectivity index is 2.27. The molecule has 3 nitrogen and oxygen atoms in total. The summed E-state index contributed by atoms with van der Waals surface area (Å²) in [5, 5.41) is 11.6. The number of halogens is 3. The van der Waals surface area contributed by atoms with Crippen molar-refractivity contribution in [2.75, 3.05) is 5.32 Å². The first-order valence-corrected chi connectivity index (χ1v) is 6.65. The van der Waals surface area contributed by atoms with Gasteiger partial charge < -0.3 is 5.32 Å². The van der Waals surface area contributed by atoms with E-state index in [-0.39, 0.29) is 10.2 Å². The van der Waals surface area contributed by atoms with Crippen molar-refractivity contribution >= 4 is 27.5 Å². The molecule has 0 bridgehead atoms. The number of rotatable bonds is 2. The molecule has 0 unspecified atom stereocenters. The minimum absolute atomic E-state index is 0.115. The summed E-state index contributed by atoms with van der Waals surface area (Å²) in [6.45, 7) is 0. The van der Waals surface area contributed by atoms with Gasteiger partial charge in [-0.05, 0) is 34.8 Å². The number of hydrogen-bond donors (Lipinski definition) is 1. The third-order valence-corrected chi connectivity index (χ3v) is 3.98. The number of hydrogen-bond acceptors (Lipinski definition) is 2. The monoisotopic (exact) mass is 328 g/mol. The minimum atomic E-state index is -1.10. The predicted molar refractivity (Wildman–Crippen MR) is 69.2 cm³/mol. The Bertz CT molecular complexity index is 539. The number of benzene rings is 1. The quantitative estimate of drug-likeness (QED) is 0.898. The number of nitrogens with zero attached hydrogens (tertiary/aromatic N) is 1. The maximum Gasteiger partial charge on any atom is 0.244 e. The molecule has 1 N–H and O–H groups in total. The summed E-state index contributed by atoms with van der Waals surface area (Å²) in [6, 6.07) is 3.77. The Morgan fingerprint density at radius 3 is 2.53 bits per heavy atom. The number of nitrogens with one attached hydrogen (secondary N) is 1. The van der Waals surface area contributed by atoms with Crippen molar-refractivity contribution in [3.8, 4) is 6.07 Å².